The van der Waals surface area contributed by atoms with Crippen LogP contribution in [0.25, 0.3) is 16.8 Å². The van der Waals surface area contributed by atoms with Gasteiger partial charge in [0.05, 0.1) is 38.1 Å². The Kier molecular flexibility index (Phi) is 8.68. The monoisotopic (exact) mass is 603 g/mol. The standard InChI is InChI=1S/C27H27ClFN5O6S/c1-38-26-22(32-41(36,37)24-5-4-20(29)14-21(24)28)13-19(15-31-26)18-3-6-25-30-16-23(27(35)34(25)17-18)40-10-2-7-33-8-11-39-12-9-33/h3-6,13-17,32H,2,7-12H2,1H3. The number of aromatic nitrogens is 3. The van der Waals surface area contributed by atoms with Gasteiger partial charge in [0.15, 0.2) is 0 Å². The van der Waals surface area contributed by atoms with E-state index in [0.717, 1.165) is 57.5 Å². The number of sulfonamides is 1. The average molecular weight is 604 g/mol. The molecule has 0 aliphatic carbocycles. The molecule has 1 aliphatic heterocycles. The summed E-state index contributed by atoms with van der Waals surface area (Å²) < 4.78 is 59.6. The number of ether oxygens (including phenoxy) is 3. The van der Waals surface area contributed by atoms with Crippen LogP contribution in [0.4, 0.5) is 10.1 Å². The van der Waals surface area contributed by atoms with Gasteiger partial charge in [0.1, 0.15) is 22.0 Å². The van der Waals surface area contributed by atoms with E-state index in [0.29, 0.717) is 23.4 Å². The molecular weight excluding hydrogens is 577 g/mol. The van der Waals surface area contributed by atoms with Crippen LogP contribution in [0.3, 0.4) is 0 Å². The summed E-state index contributed by atoms with van der Waals surface area (Å²) in [6, 6.07) is 7.86. The van der Waals surface area contributed by atoms with Crippen LogP contribution in [-0.2, 0) is 14.8 Å². The normalized spacial score (nSPS) is 14.2. The molecule has 14 heteroatoms. The van der Waals surface area contributed by atoms with Crippen molar-refractivity contribution < 1.29 is 27.0 Å². The van der Waals surface area contributed by atoms with Gasteiger partial charge >= 0.3 is 0 Å². The van der Waals surface area contributed by atoms with Crippen molar-refractivity contribution in [1.29, 1.82) is 0 Å². The zero-order valence-corrected chi connectivity index (χ0v) is 23.6. The van der Waals surface area contributed by atoms with E-state index in [1.807, 2.05) is 0 Å². The van der Waals surface area contributed by atoms with E-state index < -0.39 is 15.8 Å². The van der Waals surface area contributed by atoms with Crippen LogP contribution >= 0.6 is 11.6 Å². The number of methoxy groups -OCH3 is 1. The Morgan fingerprint density at radius 2 is 1.90 bits per heavy atom. The first-order valence-corrected chi connectivity index (χ1v) is 14.6. The first-order chi connectivity index (χ1) is 19.7. The lowest BCUT2D eigenvalue weighted by Crippen LogP contribution is -2.37. The number of pyridine rings is 2. The molecule has 0 spiro atoms. The third kappa shape index (κ3) is 6.59. The van der Waals surface area contributed by atoms with Gasteiger partial charge in [-0.15, -0.1) is 0 Å². The SMILES string of the molecule is COc1ncc(-c2ccc3ncc(OCCCN4CCOCC4)c(=O)n3c2)cc1NS(=O)(=O)c1ccc(F)cc1Cl. The maximum Gasteiger partial charge on any atom is 0.300 e. The highest BCUT2D eigenvalue weighted by Crippen LogP contribution is 2.31. The number of halogens is 2. The molecule has 0 amide bonds. The van der Waals surface area contributed by atoms with Crippen molar-refractivity contribution in [3.05, 3.63) is 76.2 Å². The van der Waals surface area contributed by atoms with Crippen molar-refractivity contribution in [2.24, 2.45) is 0 Å². The number of hydrogen-bond donors (Lipinski definition) is 1. The fourth-order valence-corrected chi connectivity index (χ4v) is 5.94. The Balaban J connectivity index is 1.38. The molecule has 0 bridgehead atoms. The Hall–Kier alpha value is -3.78. The molecule has 4 heterocycles. The second-order valence-corrected chi connectivity index (χ2v) is 11.2. The average Bonchev–Trinajstić information content (AvgIpc) is 2.96. The Labute approximate surface area is 240 Å². The molecule has 0 unspecified atom stereocenters. The van der Waals surface area contributed by atoms with Crippen molar-refractivity contribution in [1.82, 2.24) is 19.3 Å². The summed E-state index contributed by atoms with van der Waals surface area (Å²) in [5.74, 6) is -0.542. The number of anilines is 1. The van der Waals surface area contributed by atoms with Gasteiger partial charge in [-0.2, -0.15) is 0 Å². The largest absolute Gasteiger partial charge is 0.487 e. The number of rotatable bonds is 10. The van der Waals surface area contributed by atoms with E-state index in [-0.39, 0.29) is 32.8 Å². The van der Waals surface area contributed by atoms with Crippen molar-refractivity contribution in [2.75, 3.05) is 51.3 Å². The first kappa shape index (κ1) is 28.7. The lowest BCUT2D eigenvalue weighted by Gasteiger charge is -2.26. The van der Waals surface area contributed by atoms with Crippen LogP contribution in [0.2, 0.25) is 5.02 Å². The van der Waals surface area contributed by atoms with Crippen molar-refractivity contribution in [2.45, 2.75) is 11.3 Å². The van der Waals surface area contributed by atoms with E-state index >= 15 is 0 Å². The van der Waals surface area contributed by atoms with Crippen molar-refractivity contribution in [3.63, 3.8) is 0 Å². The molecule has 0 saturated carbocycles. The highest BCUT2D eigenvalue weighted by atomic mass is 35.5. The Morgan fingerprint density at radius 3 is 2.66 bits per heavy atom. The van der Waals surface area contributed by atoms with Gasteiger partial charge in [-0.1, -0.05) is 11.6 Å². The highest BCUT2D eigenvalue weighted by molar-refractivity contribution is 7.92. The summed E-state index contributed by atoms with van der Waals surface area (Å²) in [7, 11) is -2.88. The zero-order chi connectivity index (χ0) is 29.0. The molecular formula is C27H27ClFN5O6S. The van der Waals surface area contributed by atoms with Crippen LogP contribution in [0, 0.1) is 5.82 Å². The van der Waals surface area contributed by atoms with Gasteiger partial charge in [0, 0.05) is 43.2 Å². The number of nitrogens with zero attached hydrogens (tertiary/aromatic N) is 4. The summed E-state index contributed by atoms with van der Waals surface area (Å²) >= 11 is 5.98. The lowest BCUT2D eigenvalue weighted by molar-refractivity contribution is 0.0357. The van der Waals surface area contributed by atoms with Crippen LogP contribution in [-0.4, -0.2) is 74.3 Å². The number of hydrogen-bond acceptors (Lipinski definition) is 9. The molecule has 11 nitrogen and oxygen atoms in total. The number of morpholine rings is 1. The van der Waals surface area contributed by atoms with Crippen LogP contribution in [0.5, 0.6) is 11.6 Å². The second kappa shape index (κ2) is 12.4. The van der Waals surface area contributed by atoms with Gasteiger partial charge in [-0.3, -0.25) is 18.8 Å². The minimum atomic E-state index is -4.22. The smallest absolute Gasteiger partial charge is 0.300 e. The van der Waals surface area contributed by atoms with Gasteiger partial charge in [0.2, 0.25) is 11.6 Å². The predicted octanol–water partition coefficient (Wildman–Crippen LogP) is 3.46. The van der Waals surface area contributed by atoms with Gasteiger partial charge < -0.3 is 14.2 Å². The Morgan fingerprint density at radius 1 is 1.10 bits per heavy atom. The second-order valence-electron chi connectivity index (χ2n) is 9.19. The Bertz CT molecular complexity index is 1730. The van der Waals surface area contributed by atoms with Crippen LogP contribution in [0.15, 0.2) is 64.7 Å². The quantitative estimate of drug-likeness (QED) is 0.271. The third-order valence-electron chi connectivity index (χ3n) is 6.46. The maximum atomic E-state index is 13.5. The number of benzene rings is 1. The minimum absolute atomic E-state index is 0.00273. The van der Waals surface area contributed by atoms with E-state index in [9.17, 15) is 17.6 Å². The summed E-state index contributed by atoms with van der Waals surface area (Å²) in [5, 5.41) is -0.277. The molecule has 0 radical (unpaired) electrons. The molecule has 1 aromatic carbocycles. The lowest BCUT2D eigenvalue weighted by atomic mass is 10.1. The zero-order valence-electron chi connectivity index (χ0n) is 22.0. The summed E-state index contributed by atoms with van der Waals surface area (Å²) in [6.45, 7) is 4.42. The molecule has 1 aliphatic rings. The highest BCUT2D eigenvalue weighted by Gasteiger charge is 2.21. The molecule has 5 rings (SSSR count). The minimum Gasteiger partial charge on any atom is -0.487 e. The van der Waals surface area contributed by atoms with E-state index in [2.05, 4.69) is 19.6 Å². The van der Waals surface area contributed by atoms with Crippen molar-refractivity contribution in [3.8, 4) is 22.8 Å². The van der Waals surface area contributed by atoms with Gasteiger partial charge in [-0.25, -0.2) is 22.8 Å². The number of fused-ring (bicyclic) bond motifs is 1. The van der Waals surface area contributed by atoms with E-state index in [1.165, 1.54) is 30.0 Å². The summed E-state index contributed by atoms with van der Waals surface area (Å²) in [6.07, 6.45) is 5.22. The molecule has 1 N–H and O–H groups in total. The fourth-order valence-electron chi connectivity index (χ4n) is 4.36. The topological polar surface area (TPSA) is 124 Å². The molecule has 3 aromatic heterocycles. The summed E-state index contributed by atoms with van der Waals surface area (Å²) in [5.41, 5.74) is 1.10. The molecule has 216 valence electrons. The van der Waals surface area contributed by atoms with E-state index in [4.69, 9.17) is 25.8 Å². The maximum absolute atomic E-state index is 13.5. The van der Waals surface area contributed by atoms with Crippen LogP contribution < -0.4 is 19.8 Å². The predicted molar refractivity (Wildman–Crippen MR) is 151 cm³/mol. The molecule has 41 heavy (non-hydrogen) atoms. The molecule has 1 saturated heterocycles. The molecule has 4 aromatic rings. The summed E-state index contributed by atoms with van der Waals surface area (Å²) in [4.78, 5) is 23.7. The number of nitrogens with one attached hydrogen (secondary N) is 1. The third-order valence-corrected chi connectivity index (χ3v) is 8.30. The van der Waals surface area contributed by atoms with Crippen LogP contribution in [0.1, 0.15) is 6.42 Å². The molecule has 0 atom stereocenters. The van der Waals surface area contributed by atoms with E-state index in [1.54, 1.807) is 18.3 Å². The molecule has 1 fully saturated rings. The van der Waals surface area contributed by atoms with Gasteiger partial charge in [-0.05, 0) is 42.8 Å². The van der Waals surface area contributed by atoms with Gasteiger partial charge in [0.25, 0.3) is 15.6 Å². The fraction of sp³-hybridized carbons (Fsp3) is 0.296. The van der Waals surface area contributed by atoms with Crippen molar-refractivity contribution >= 4 is 33.0 Å². The first-order valence-electron chi connectivity index (χ1n) is 12.7.